The molecule has 0 saturated carbocycles. The van der Waals surface area contributed by atoms with E-state index in [1.54, 1.807) is 35.7 Å². The lowest BCUT2D eigenvalue weighted by Gasteiger charge is -2.35. The van der Waals surface area contributed by atoms with Gasteiger partial charge in [-0.25, -0.2) is 4.79 Å². The first-order valence-corrected chi connectivity index (χ1v) is 9.65. The Morgan fingerprint density at radius 1 is 1.39 bits per heavy atom. The number of carbonyl (C=O) groups is 2. The Labute approximate surface area is 144 Å². The molecule has 1 amide bonds. The van der Waals surface area contributed by atoms with Crippen molar-refractivity contribution in [3.8, 4) is 0 Å². The van der Waals surface area contributed by atoms with Gasteiger partial charge in [0.1, 0.15) is 5.37 Å². The Bertz CT molecular complexity index is 535. The number of hydrogen-bond acceptors (Lipinski definition) is 6. The van der Waals surface area contributed by atoms with Gasteiger partial charge in [0.15, 0.2) is 0 Å². The molecule has 1 unspecified atom stereocenters. The van der Waals surface area contributed by atoms with Crippen molar-refractivity contribution in [3.05, 3.63) is 35.4 Å². The van der Waals surface area contributed by atoms with Crippen LogP contribution < -0.4 is 0 Å². The Balaban J connectivity index is 2.07. The molecule has 126 valence electrons. The quantitative estimate of drug-likeness (QED) is 0.597. The van der Waals surface area contributed by atoms with Gasteiger partial charge in [0, 0.05) is 30.2 Å². The molecular formula is C16H21NO4S2. The highest BCUT2D eigenvalue weighted by atomic mass is 32.2. The van der Waals surface area contributed by atoms with E-state index in [1.807, 2.05) is 17.0 Å². The Morgan fingerprint density at radius 2 is 2.13 bits per heavy atom. The maximum atomic E-state index is 12.2. The van der Waals surface area contributed by atoms with Gasteiger partial charge in [-0.2, -0.15) is 11.8 Å². The lowest BCUT2D eigenvalue weighted by atomic mass is 10.1. The number of benzene rings is 1. The number of esters is 1. The highest BCUT2D eigenvalue weighted by Gasteiger charge is 2.29. The van der Waals surface area contributed by atoms with E-state index in [0.717, 1.165) is 17.1 Å². The number of carbonyl (C=O) groups excluding carboxylic acids is 2. The van der Waals surface area contributed by atoms with Crippen molar-refractivity contribution in [3.63, 3.8) is 0 Å². The first-order chi connectivity index (χ1) is 11.2. The normalized spacial score (nSPS) is 18.1. The minimum absolute atomic E-state index is 0.0160. The molecule has 0 bridgehead atoms. The van der Waals surface area contributed by atoms with Crippen LogP contribution in [0.3, 0.4) is 0 Å². The summed E-state index contributed by atoms with van der Waals surface area (Å²) in [6, 6.07) is 7.24. The molecule has 0 spiro atoms. The van der Waals surface area contributed by atoms with Gasteiger partial charge in [-0.15, -0.1) is 11.8 Å². The Morgan fingerprint density at radius 3 is 2.78 bits per heavy atom. The Kier molecular flexibility index (Phi) is 7.26. The summed E-state index contributed by atoms with van der Waals surface area (Å²) in [5, 5.41) is 8.82. The van der Waals surface area contributed by atoms with E-state index in [1.165, 1.54) is 7.11 Å². The standard InChI is InChI=1S/C16H21NO4S2/c1-21-16(20)13-4-2-12(3-5-13)15-17(7-10-22-11-8-18)14(19)6-9-23-15/h2-5,15,18H,6-11H2,1H3. The number of methoxy groups -OCH3 is 1. The monoisotopic (exact) mass is 355 g/mol. The van der Waals surface area contributed by atoms with Crippen molar-refractivity contribution in [2.75, 3.05) is 37.5 Å². The van der Waals surface area contributed by atoms with Crippen molar-refractivity contribution in [1.82, 2.24) is 4.90 Å². The van der Waals surface area contributed by atoms with Gasteiger partial charge in [-0.1, -0.05) is 12.1 Å². The minimum atomic E-state index is -0.360. The van der Waals surface area contributed by atoms with Crippen molar-refractivity contribution in [1.29, 1.82) is 0 Å². The van der Waals surface area contributed by atoms with Crippen LogP contribution in [0.2, 0.25) is 0 Å². The first kappa shape index (κ1) is 18.2. The average molecular weight is 355 g/mol. The molecule has 1 saturated heterocycles. The zero-order valence-electron chi connectivity index (χ0n) is 13.1. The van der Waals surface area contributed by atoms with Gasteiger partial charge >= 0.3 is 5.97 Å². The van der Waals surface area contributed by atoms with Gasteiger partial charge in [0.25, 0.3) is 0 Å². The van der Waals surface area contributed by atoms with E-state index in [-0.39, 0.29) is 23.9 Å². The fraction of sp³-hybridized carbons (Fsp3) is 0.500. The maximum Gasteiger partial charge on any atom is 0.337 e. The van der Waals surface area contributed by atoms with Crippen LogP contribution >= 0.6 is 23.5 Å². The fourth-order valence-corrected chi connectivity index (χ4v) is 4.30. The second-order valence-corrected chi connectivity index (χ2v) is 7.42. The molecule has 1 fully saturated rings. The van der Waals surface area contributed by atoms with Crippen LogP contribution in [-0.2, 0) is 9.53 Å². The lowest BCUT2D eigenvalue weighted by molar-refractivity contribution is -0.131. The van der Waals surface area contributed by atoms with Crippen LogP contribution in [0.4, 0.5) is 0 Å². The zero-order valence-corrected chi connectivity index (χ0v) is 14.7. The van der Waals surface area contributed by atoms with Crippen molar-refractivity contribution in [2.24, 2.45) is 0 Å². The van der Waals surface area contributed by atoms with E-state index >= 15 is 0 Å². The van der Waals surface area contributed by atoms with E-state index in [2.05, 4.69) is 0 Å². The van der Waals surface area contributed by atoms with Crippen molar-refractivity contribution >= 4 is 35.4 Å². The van der Waals surface area contributed by atoms with Gasteiger partial charge in [0.2, 0.25) is 5.91 Å². The lowest BCUT2D eigenvalue weighted by Crippen LogP contribution is -2.38. The molecule has 0 aromatic heterocycles. The van der Waals surface area contributed by atoms with E-state index in [0.29, 0.717) is 24.3 Å². The summed E-state index contributed by atoms with van der Waals surface area (Å²) in [5.74, 6) is 2.11. The first-order valence-electron chi connectivity index (χ1n) is 7.45. The smallest absolute Gasteiger partial charge is 0.337 e. The summed E-state index contributed by atoms with van der Waals surface area (Å²) in [7, 11) is 1.36. The number of thioether (sulfide) groups is 2. The van der Waals surface area contributed by atoms with Crippen LogP contribution in [-0.4, -0.2) is 59.4 Å². The molecule has 1 aliphatic heterocycles. The van der Waals surface area contributed by atoms with Crippen LogP contribution in [0.1, 0.15) is 27.7 Å². The van der Waals surface area contributed by atoms with Gasteiger partial charge in [0.05, 0.1) is 19.3 Å². The molecule has 5 nitrogen and oxygen atoms in total. The van der Waals surface area contributed by atoms with Crippen LogP contribution in [0.25, 0.3) is 0 Å². The molecule has 1 aliphatic rings. The predicted octanol–water partition coefficient (Wildman–Crippen LogP) is 2.16. The third-order valence-corrected chi connectivity index (χ3v) is 5.75. The Hall–Kier alpha value is -1.18. The SMILES string of the molecule is COC(=O)c1ccc(C2SCCC(=O)N2CCSCCO)cc1. The summed E-state index contributed by atoms with van der Waals surface area (Å²) in [5.41, 5.74) is 1.52. The van der Waals surface area contributed by atoms with Gasteiger partial charge in [-0.05, 0) is 17.7 Å². The largest absolute Gasteiger partial charge is 0.465 e. The van der Waals surface area contributed by atoms with Gasteiger partial charge < -0.3 is 14.7 Å². The zero-order chi connectivity index (χ0) is 16.7. The molecule has 1 heterocycles. The molecule has 1 N–H and O–H groups in total. The summed E-state index contributed by atoms with van der Waals surface area (Å²) in [6.45, 7) is 0.825. The highest BCUT2D eigenvalue weighted by Crippen LogP contribution is 2.37. The number of aliphatic hydroxyl groups excluding tert-OH is 1. The summed E-state index contributed by atoms with van der Waals surface area (Å²) in [6.07, 6.45) is 0.562. The number of amides is 1. The van der Waals surface area contributed by atoms with Crippen LogP contribution in [0.5, 0.6) is 0 Å². The number of ether oxygens (including phenoxy) is 1. The molecule has 0 aliphatic carbocycles. The maximum absolute atomic E-state index is 12.2. The summed E-state index contributed by atoms with van der Waals surface area (Å²) < 4.78 is 4.70. The summed E-state index contributed by atoms with van der Waals surface area (Å²) in [4.78, 5) is 25.6. The molecule has 23 heavy (non-hydrogen) atoms. The topological polar surface area (TPSA) is 66.8 Å². The van der Waals surface area contributed by atoms with Crippen LogP contribution in [0, 0.1) is 0 Å². The number of aliphatic hydroxyl groups is 1. The second kappa shape index (κ2) is 9.20. The molecule has 1 atom stereocenters. The third kappa shape index (κ3) is 4.89. The van der Waals surface area contributed by atoms with E-state index < -0.39 is 0 Å². The van der Waals surface area contributed by atoms with Crippen LogP contribution in [0.15, 0.2) is 24.3 Å². The number of hydrogen-bond donors (Lipinski definition) is 1. The number of nitrogens with zero attached hydrogens (tertiary/aromatic N) is 1. The molecule has 1 aromatic rings. The molecule has 7 heteroatoms. The van der Waals surface area contributed by atoms with Gasteiger partial charge in [-0.3, -0.25) is 4.79 Å². The third-order valence-electron chi connectivity index (χ3n) is 3.52. The molecule has 1 aromatic carbocycles. The van der Waals surface area contributed by atoms with E-state index in [4.69, 9.17) is 9.84 Å². The van der Waals surface area contributed by atoms with Crippen molar-refractivity contribution in [2.45, 2.75) is 11.8 Å². The number of rotatable bonds is 7. The van der Waals surface area contributed by atoms with E-state index in [9.17, 15) is 9.59 Å². The minimum Gasteiger partial charge on any atom is -0.465 e. The summed E-state index contributed by atoms with van der Waals surface area (Å²) >= 11 is 3.38. The second-order valence-electron chi connectivity index (χ2n) is 5.01. The fourth-order valence-electron chi connectivity index (χ4n) is 2.37. The average Bonchev–Trinajstić information content (AvgIpc) is 2.59. The molecule has 2 rings (SSSR count). The highest BCUT2D eigenvalue weighted by molar-refractivity contribution is 7.99. The molecular weight excluding hydrogens is 334 g/mol. The predicted molar refractivity (Wildman–Crippen MR) is 93.7 cm³/mol. The van der Waals surface area contributed by atoms with Crippen molar-refractivity contribution < 1.29 is 19.4 Å². The molecule has 0 radical (unpaired) electrons.